The minimum Gasteiger partial charge on any atom is -0.376 e. The van der Waals surface area contributed by atoms with Crippen LogP contribution in [0.3, 0.4) is 0 Å². The monoisotopic (exact) mass is 457 g/mol. The van der Waals surface area contributed by atoms with Gasteiger partial charge in [0.15, 0.2) is 0 Å². The van der Waals surface area contributed by atoms with Gasteiger partial charge in [-0.15, -0.1) is 0 Å². The van der Waals surface area contributed by atoms with E-state index in [2.05, 4.69) is 5.32 Å². The van der Waals surface area contributed by atoms with E-state index in [1.807, 2.05) is 59.5 Å². The molecule has 1 aliphatic carbocycles. The van der Waals surface area contributed by atoms with Crippen LogP contribution in [0.15, 0.2) is 78.9 Å². The van der Waals surface area contributed by atoms with Gasteiger partial charge in [-0.2, -0.15) is 0 Å². The average molecular weight is 458 g/mol. The van der Waals surface area contributed by atoms with Crippen molar-refractivity contribution in [3.8, 4) is 0 Å². The Morgan fingerprint density at radius 1 is 0.941 bits per heavy atom. The van der Waals surface area contributed by atoms with Gasteiger partial charge < -0.3 is 10.2 Å². The first-order chi connectivity index (χ1) is 16.6. The number of hydrogen-bond donors (Lipinski definition) is 1. The summed E-state index contributed by atoms with van der Waals surface area (Å²) < 4.78 is 14.2. The van der Waals surface area contributed by atoms with Crippen LogP contribution in [-0.4, -0.2) is 24.4 Å². The molecule has 0 spiro atoms. The number of carbonyl (C=O) groups is 2. The molecule has 5 nitrogen and oxygen atoms in total. The van der Waals surface area contributed by atoms with Crippen LogP contribution in [0.2, 0.25) is 0 Å². The van der Waals surface area contributed by atoms with Crippen LogP contribution >= 0.6 is 0 Å². The predicted octanol–water partition coefficient (Wildman–Crippen LogP) is 5.69. The predicted molar refractivity (Wildman–Crippen MR) is 132 cm³/mol. The van der Waals surface area contributed by atoms with Gasteiger partial charge >= 0.3 is 0 Å². The minimum absolute atomic E-state index is 0.0180. The van der Waals surface area contributed by atoms with Crippen LogP contribution in [0.4, 0.5) is 21.5 Å². The number of amides is 2. The van der Waals surface area contributed by atoms with E-state index >= 15 is 0 Å². The Morgan fingerprint density at radius 3 is 2.44 bits per heavy atom. The molecular weight excluding hydrogens is 429 g/mol. The number of halogens is 1. The molecule has 0 radical (unpaired) electrons. The number of nitrogens with zero attached hydrogens (tertiary/aromatic N) is 2. The van der Waals surface area contributed by atoms with E-state index in [-0.39, 0.29) is 24.4 Å². The third-order valence-electron chi connectivity index (χ3n) is 6.73. The second-order valence-corrected chi connectivity index (χ2v) is 8.92. The third-order valence-corrected chi connectivity index (χ3v) is 6.73. The normalized spacial score (nSPS) is 18.0. The van der Waals surface area contributed by atoms with Crippen molar-refractivity contribution in [2.75, 3.05) is 21.7 Å². The van der Waals surface area contributed by atoms with E-state index in [0.717, 1.165) is 42.6 Å². The van der Waals surface area contributed by atoms with E-state index in [4.69, 9.17) is 0 Å². The van der Waals surface area contributed by atoms with Gasteiger partial charge in [-0.3, -0.25) is 14.5 Å². The molecule has 3 aromatic rings. The summed E-state index contributed by atoms with van der Waals surface area (Å²) in [4.78, 5) is 30.9. The molecule has 1 atom stereocenters. The Morgan fingerprint density at radius 2 is 1.68 bits per heavy atom. The molecule has 34 heavy (non-hydrogen) atoms. The first-order valence-electron chi connectivity index (χ1n) is 11.9. The molecule has 174 valence electrons. The molecule has 5 rings (SSSR count). The maximum Gasteiger partial charge on any atom is 0.255 e. The molecular formula is C28H28FN3O2. The lowest BCUT2D eigenvalue weighted by Crippen LogP contribution is -2.46. The molecule has 0 saturated heterocycles. The van der Waals surface area contributed by atoms with Crippen molar-refractivity contribution in [1.82, 2.24) is 0 Å². The standard InChI is InChI=1S/C28H28FN3O2/c29-20-10-9-15-23(18-20)32(26(33)19-30-21-11-3-1-4-12-21)27-24-16-7-8-17-25(24)31(28(27)34)22-13-5-2-6-14-22/h1,3-4,7-12,15-18,22,27,30H,2,5-6,13-14,19H2. The van der Waals surface area contributed by atoms with Gasteiger partial charge in [0.1, 0.15) is 11.9 Å². The number of para-hydroxylation sites is 2. The van der Waals surface area contributed by atoms with Crippen molar-refractivity contribution in [3.63, 3.8) is 0 Å². The first-order valence-corrected chi connectivity index (χ1v) is 11.9. The molecule has 3 aromatic carbocycles. The van der Waals surface area contributed by atoms with Crippen LogP contribution in [0.5, 0.6) is 0 Å². The van der Waals surface area contributed by atoms with Crippen molar-refractivity contribution in [2.45, 2.75) is 44.2 Å². The highest BCUT2D eigenvalue weighted by Gasteiger charge is 2.45. The quantitative estimate of drug-likeness (QED) is 0.517. The Bertz CT molecular complexity index is 1180. The molecule has 0 aromatic heterocycles. The van der Waals surface area contributed by atoms with Gasteiger partial charge in [-0.05, 0) is 49.2 Å². The average Bonchev–Trinajstić information content (AvgIpc) is 3.16. The van der Waals surface area contributed by atoms with Crippen LogP contribution in [0.25, 0.3) is 0 Å². The zero-order valence-electron chi connectivity index (χ0n) is 19.0. The number of anilines is 3. The molecule has 1 fully saturated rings. The summed E-state index contributed by atoms with van der Waals surface area (Å²) >= 11 is 0. The van der Waals surface area contributed by atoms with Crippen molar-refractivity contribution in [1.29, 1.82) is 0 Å². The molecule has 1 unspecified atom stereocenters. The summed E-state index contributed by atoms with van der Waals surface area (Å²) in [7, 11) is 0. The zero-order chi connectivity index (χ0) is 23.5. The fraction of sp³-hybridized carbons (Fsp3) is 0.286. The fourth-order valence-electron chi connectivity index (χ4n) is 5.17. The molecule has 2 aliphatic rings. The summed E-state index contributed by atoms with van der Waals surface area (Å²) in [6, 6.07) is 22.3. The molecule has 1 aliphatic heterocycles. The first kappa shape index (κ1) is 22.1. The maximum absolute atomic E-state index is 14.2. The highest BCUT2D eigenvalue weighted by Crippen LogP contribution is 2.44. The number of benzene rings is 3. The molecule has 1 saturated carbocycles. The molecule has 1 heterocycles. The topological polar surface area (TPSA) is 52.7 Å². The van der Waals surface area contributed by atoms with E-state index in [0.29, 0.717) is 5.69 Å². The summed E-state index contributed by atoms with van der Waals surface area (Å²) in [5.41, 5.74) is 2.82. The number of carbonyl (C=O) groups excluding carboxylic acids is 2. The van der Waals surface area contributed by atoms with E-state index in [1.54, 1.807) is 12.1 Å². The highest BCUT2D eigenvalue weighted by molar-refractivity contribution is 6.12. The van der Waals surface area contributed by atoms with Crippen LogP contribution in [0, 0.1) is 5.82 Å². The van der Waals surface area contributed by atoms with E-state index in [1.165, 1.54) is 23.5 Å². The second-order valence-electron chi connectivity index (χ2n) is 8.92. The van der Waals surface area contributed by atoms with Crippen LogP contribution < -0.4 is 15.1 Å². The SMILES string of the molecule is O=C1C(N(C(=O)CNc2ccccc2)c2cccc(F)c2)c2ccccc2N1C1CCCCC1. The minimum atomic E-state index is -0.829. The zero-order valence-corrected chi connectivity index (χ0v) is 19.0. The second kappa shape index (κ2) is 9.67. The van der Waals surface area contributed by atoms with Gasteiger partial charge in [0.2, 0.25) is 5.91 Å². The van der Waals surface area contributed by atoms with E-state index < -0.39 is 11.9 Å². The highest BCUT2D eigenvalue weighted by atomic mass is 19.1. The molecule has 2 amide bonds. The van der Waals surface area contributed by atoms with Crippen molar-refractivity contribution in [3.05, 3.63) is 90.2 Å². The van der Waals surface area contributed by atoms with Crippen molar-refractivity contribution < 1.29 is 14.0 Å². The molecule has 6 heteroatoms. The molecule has 1 N–H and O–H groups in total. The summed E-state index contributed by atoms with van der Waals surface area (Å²) in [6.45, 7) is -0.0180. The van der Waals surface area contributed by atoms with Gasteiger partial charge in [-0.25, -0.2) is 4.39 Å². The van der Waals surface area contributed by atoms with Crippen LogP contribution in [0.1, 0.15) is 43.7 Å². The Labute approximate surface area is 199 Å². The number of rotatable bonds is 6. The number of hydrogen-bond acceptors (Lipinski definition) is 3. The lowest BCUT2D eigenvalue weighted by Gasteiger charge is -2.33. The summed E-state index contributed by atoms with van der Waals surface area (Å²) in [6.07, 6.45) is 5.28. The Hall–Kier alpha value is -3.67. The van der Waals surface area contributed by atoms with Crippen molar-refractivity contribution in [2.24, 2.45) is 0 Å². The van der Waals surface area contributed by atoms with Crippen LogP contribution in [-0.2, 0) is 9.59 Å². The lowest BCUT2D eigenvalue weighted by atomic mass is 9.94. The van der Waals surface area contributed by atoms with Crippen molar-refractivity contribution >= 4 is 28.9 Å². The number of fused-ring (bicyclic) bond motifs is 1. The Balaban J connectivity index is 1.52. The largest absolute Gasteiger partial charge is 0.376 e. The van der Waals surface area contributed by atoms with Gasteiger partial charge in [0.25, 0.3) is 5.91 Å². The Kier molecular flexibility index (Phi) is 6.30. The van der Waals surface area contributed by atoms with Gasteiger partial charge in [0.05, 0.1) is 6.54 Å². The smallest absolute Gasteiger partial charge is 0.255 e. The fourth-order valence-corrected chi connectivity index (χ4v) is 5.17. The number of nitrogens with one attached hydrogen (secondary N) is 1. The molecule has 0 bridgehead atoms. The summed E-state index contributed by atoms with van der Waals surface area (Å²) in [5.74, 6) is -0.868. The summed E-state index contributed by atoms with van der Waals surface area (Å²) in [5, 5.41) is 3.14. The maximum atomic E-state index is 14.2. The van der Waals surface area contributed by atoms with Gasteiger partial charge in [-0.1, -0.05) is 61.7 Å². The lowest BCUT2D eigenvalue weighted by molar-refractivity contribution is -0.124. The third kappa shape index (κ3) is 4.28. The van der Waals surface area contributed by atoms with E-state index in [9.17, 15) is 14.0 Å². The van der Waals surface area contributed by atoms with Gasteiger partial charge in [0, 0.05) is 28.7 Å².